The van der Waals surface area contributed by atoms with Crippen molar-refractivity contribution in [2.75, 3.05) is 33.3 Å². The molecule has 120 valence electrons. The monoisotopic (exact) mass is 303 g/mol. The van der Waals surface area contributed by atoms with Gasteiger partial charge >= 0.3 is 13.2 Å². The topological polar surface area (TPSA) is 46.5 Å². The molecule has 0 bridgehead atoms. The van der Waals surface area contributed by atoms with Gasteiger partial charge in [-0.25, -0.2) is 4.79 Å². The van der Waals surface area contributed by atoms with Crippen LogP contribution in [0.15, 0.2) is 12.7 Å². The molecule has 0 rings (SSSR count). The molecule has 1 N–H and O–H groups in total. The third-order valence-electron chi connectivity index (χ3n) is 2.76. The molecule has 0 aromatic rings. The quantitative estimate of drug-likeness (QED) is 0.257. The molecular weight excluding hydrogens is 281 g/mol. The van der Waals surface area contributed by atoms with Crippen molar-refractivity contribution in [3.63, 3.8) is 0 Å². The fraction of sp³-hybridized carbons (Fsp3) is 0.727. The van der Waals surface area contributed by atoms with E-state index in [1.165, 1.54) is 0 Å². The minimum atomic E-state index is -6.00. The maximum Gasteiger partial charge on any atom is 0.673 e. The van der Waals surface area contributed by atoms with E-state index in [2.05, 4.69) is 27.5 Å². The lowest BCUT2D eigenvalue weighted by Crippen LogP contribution is -2.49. The zero-order valence-electron chi connectivity index (χ0n) is 12.0. The Bertz CT molecular complexity index is 290. The SMILES string of the molecule is C=CC(=O)OCC(O)C[N+](C)(CC)CC.F[B-](F)(F)F. The van der Waals surface area contributed by atoms with Crippen LogP contribution in [0.5, 0.6) is 0 Å². The molecular formula is C11H22BF4NO3. The minimum absolute atomic E-state index is 0.0404. The fourth-order valence-corrected chi connectivity index (χ4v) is 1.28. The van der Waals surface area contributed by atoms with Gasteiger partial charge in [-0.1, -0.05) is 6.58 Å². The summed E-state index contributed by atoms with van der Waals surface area (Å²) >= 11 is 0. The molecule has 0 aromatic heterocycles. The number of rotatable bonds is 7. The maximum atomic E-state index is 10.8. The van der Waals surface area contributed by atoms with Crippen LogP contribution in [0.2, 0.25) is 0 Å². The summed E-state index contributed by atoms with van der Waals surface area (Å²) in [5.41, 5.74) is 0. The van der Waals surface area contributed by atoms with E-state index in [1.54, 1.807) is 0 Å². The molecule has 0 saturated carbocycles. The van der Waals surface area contributed by atoms with E-state index < -0.39 is 19.3 Å². The van der Waals surface area contributed by atoms with Crippen LogP contribution in [0.3, 0.4) is 0 Å². The number of aliphatic hydroxyl groups is 1. The van der Waals surface area contributed by atoms with Crippen LogP contribution < -0.4 is 0 Å². The van der Waals surface area contributed by atoms with E-state index in [9.17, 15) is 27.2 Å². The molecule has 20 heavy (non-hydrogen) atoms. The van der Waals surface area contributed by atoms with Gasteiger partial charge in [-0.15, -0.1) is 0 Å². The summed E-state index contributed by atoms with van der Waals surface area (Å²) in [4.78, 5) is 10.8. The van der Waals surface area contributed by atoms with Crippen LogP contribution in [0, 0.1) is 0 Å². The van der Waals surface area contributed by atoms with E-state index in [0.717, 1.165) is 23.6 Å². The number of aliphatic hydroxyl groups excluding tert-OH is 1. The number of nitrogens with zero attached hydrogens (tertiary/aromatic N) is 1. The molecule has 0 aliphatic carbocycles. The third kappa shape index (κ3) is 15.0. The van der Waals surface area contributed by atoms with Crippen molar-refractivity contribution in [3.8, 4) is 0 Å². The average molecular weight is 303 g/mol. The Morgan fingerprint density at radius 3 is 2.05 bits per heavy atom. The smallest absolute Gasteiger partial charge is 0.460 e. The lowest BCUT2D eigenvalue weighted by atomic mass is 10.3. The molecule has 0 aliphatic rings. The zero-order chi connectivity index (χ0) is 16.4. The van der Waals surface area contributed by atoms with Gasteiger partial charge in [0.1, 0.15) is 19.3 Å². The van der Waals surface area contributed by atoms with Crippen molar-refractivity contribution in [2.45, 2.75) is 20.0 Å². The van der Waals surface area contributed by atoms with Crippen molar-refractivity contribution in [3.05, 3.63) is 12.7 Å². The number of hydrogen-bond donors (Lipinski definition) is 1. The van der Waals surface area contributed by atoms with Gasteiger partial charge in [0.15, 0.2) is 0 Å². The first-order chi connectivity index (χ1) is 8.97. The van der Waals surface area contributed by atoms with Crippen LogP contribution in [-0.4, -0.2) is 62.2 Å². The second-order valence-corrected chi connectivity index (χ2v) is 4.42. The Hall–Kier alpha value is -1.09. The van der Waals surface area contributed by atoms with Gasteiger partial charge in [-0.05, 0) is 13.8 Å². The highest BCUT2D eigenvalue weighted by Crippen LogP contribution is 2.06. The van der Waals surface area contributed by atoms with Crippen molar-refractivity contribution in [2.24, 2.45) is 0 Å². The highest BCUT2D eigenvalue weighted by Gasteiger charge is 2.22. The summed E-state index contributed by atoms with van der Waals surface area (Å²) in [6, 6.07) is 0. The molecule has 0 aromatic carbocycles. The Balaban J connectivity index is 0. The first-order valence-electron chi connectivity index (χ1n) is 6.15. The number of quaternary nitrogens is 1. The normalized spacial score (nSPS) is 13.0. The van der Waals surface area contributed by atoms with Gasteiger partial charge in [0, 0.05) is 6.08 Å². The van der Waals surface area contributed by atoms with E-state index in [-0.39, 0.29) is 6.61 Å². The molecule has 0 amide bonds. The Morgan fingerprint density at radius 2 is 1.75 bits per heavy atom. The molecule has 0 radical (unpaired) electrons. The van der Waals surface area contributed by atoms with Gasteiger partial charge in [0.05, 0.1) is 20.1 Å². The number of carbonyl (C=O) groups is 1. The first kappa shape index (κ1) is 21.2. The van der Waals surface area contributed by atoms with Gasteiger partial charge < -0.3 is 31.6 Å². The van der Waals surface area contributed by atoms with Gasteiger partial charge in [-0.2, -0.15) is 0 Å². The molecule has 9 heteroatoms. The van der Waals surface area contributed by atoms with Crippen molar-refractivity contribution in [1.29, 1.82) is 0 Å². The van der Waals surface area contributed by atoms with Crippen LogP contribution in [0.25, 0.3) is 0 Å². The van der Waals surface area contributed by atoms with E-state index in [1.807, 2.05) is 0 Å². The minimum Gasteiger partial charge on any atom is -0.460 e. The standard InChI is InChI=1S/C11H22NO3.BF4/c1-5-11(14)15-9-10(13)8-12(4,6-2)7-3;2-1(3,4)5/h5,10,13H,1,6-9H2,2-4H3;/q+1;-1. The Labute approximate surface area is 116 Å². The van der Waals surface area contributed by atoms with Crippen molar-refractivity contribution < 1.29 is 36.4 Å². The summed E-state index contributed by atoms with van der Waals surface area (Å²) in [5, 5.41) is 9.66. The predicted molar refractivity (Wildman–Crippen MR) is 69.5 cm³/mol. The Kier molecular flexibility index (Phi) is 10.4. The number of halogens is 4. The molecule has 4 nitrogen and oxygen atoms in total. The van der Waals surface area contributed by atoms with Crippen molar-refractivity contribution >= 4 is 13.2 Å². The number of hydrogen-bond acceptors (Lipinski definition) is 3. The first-order valence-corrected chi connectivity index (χ1v) is 6.15. The summed E-state index contributed by atoms with van der Waals surface area (Å²) in [6.45, 7) is 9.97. The summed E-state index contributed by atoms with van der Waals surface area (Å²) in [6.07, 6.45) is 0.485. The lowest BCUT2D eigenvalue weighted by Gasteiger charge is -2.33. The second-order valence-electron chi connectivity index (χ2n) is 4.42. The van der Waals surface area contributed by atoms with E-state index in [4.69, 9.17) is 4.74 Å². The molecule has 0 fully saturated rings. The number of ether oxygens (including phenoxy) is 1. The third-order valence-corrected chi connectivity index (χ3v) is 2.76. The zero-order valence-corrected chi connectivity index (χ0v) is 12.0. The Morgan fingerprint density at radius 1 is 1.35 bits per heavy atom. The number of esters is 1. The van der Waals surface area contributed by atoms with Crippen molar-refractivity contribution in [1.82, 2.24) is 0 Å². The largest absolute Gasteiger partial charge is 0.673 e. The predicted octanol–water partition coefficient (Wildman–Crippen LogP) is 1.86. The van der Waals surface area contributed by atoms with Crippen LogP contribution in [-0.2, 0) is 9.53 Å². The number of likely N-dealkylation sites (N-methyl/N-ethyl adjacent to an activating group) is 1. The van der Waals surface area contributed by atoms with Crippen LogP contribution in [0.1, 0.15) is 13.8 Å². The number of carbonyl (C=O) groups excluding carboxylic acids is 1. The van der Waals surface area contributed by atoms with Crippen LogP contribution >= 0.6 is 0 Å². The van der Waals surface area contributed by atoms with Gasteiger partial charge in [0.25, 0.3) is 0 Å². The molecule has 0 heterocycles. The van der Waals surface area contributed by atoms with Crippen LogP contribution in [0.4, 0.5) is 17.3 Å². The summed E-state index contributed by atoms with van der Waals surface area (Å²) in [5.74, 6) is -0.490. The van der Waals surface area contributed by atoms with E-state index in [0.29, 0.717) is 6.54 Å². The molecule has 0 aliphatic heterocycles. The highest BCUT2D eigenvalue weighted by molar-refractivity contribution is 6.50. The second kappa shape index (κ2) is 9.76. The average Bonchev–Trinajstić information content (AvgIpc) is 2.33. The fourth-order valence-electron chi connectivity index (χ4n) is 1.28. The lowest BCUT2D eigenvalue weighted by molar-refractivity contribution is -0.909. The highest BCUT2D eigenvalue weighted by atomic mass is 19.5. The molecule has 1 atom stereocenters. The maximum absolute atomic E-state index is 10.8. The van der Waals surface area contributed by atoms with Gasteiger partial charge in [0.2, 0.25) is 0 Å². The molecule has 1 unspecified atom stereocenters. The van der Waals surface area contributed by atoms with E-state index >= 15 is 0 Å². The van der Waals surface area contributed by atoms with Gasteiger partial charge in [-0.3, -0.25) is 0 Å². The summed E-state index contributed by atoms with van der Waals surface area (Å²) < 4.78 is 44.5. The summed E-state index contributed by atoms with van der Waals surface area (Å²) in [7, 11) is -3.93. The molecule has 0 saturated heterocycles. The molecule has 0 spiro atoms.